The van der Waals surface area contributed by atoms with Crippen molar-refractivity contribution >= 4 is 43.7 Å². The van der Waals surface area contributed by atoms with E-state index in [0.717, 1.165) is 66.8 Å². The molecular formula is C53H34N2O. The molecule has 262 valence electrons. The second-order valence-electron chi connectivity index (χ2n) is 14.4. The molecule has 3 aromatic heterocycles. The molecule has 0 N–H and O–H groups in total. The van der Waals surface area contributed by atoms with Crippen LogP contribution in [0.25, 0.3) is 105 Å². The molecule has 0 bridgehead atoms. The maximum absolute atomic E-state index is 6.12. The Morgan fingerprint density at radius 2 is 0.821 bits per heavy atom. The number of hydrogen-bond acceptors (Lipinski definition) is 2. The summed E-state index contributed by atoms with van der Waals surface area (Å²) in [5.41, 5.74) is 16.4. The minimum absolute atomic E-state index is 0.907. The summed E-state index contributed by atoms with van der Waals surface area (Å²) in [4.78, 5) is 5.15. The molecule has 3 heterocycles. The number of hydrogen-bond donors (Lipinski definition) is 0. The Morgan fingerprint density at radius 1 is 0.304 bits per heavy atom. The van der Waals surface area contributed by atoms with Crippen LogP contribution in [0.3, 0.4) is 0 Å². The highest BCUT2D eigenvalue weighted by Crippen LogP contribution is 2.38. The van der Waals surface area contributed by atoms with E-state index in [-0.39, 0.29) is 0 Å². The van der Waals surface area contributed by atoms with Crippen LogP contribution in [-0.2, 0) is 0 Å². The molecule has 3 heteroatoms. The zero-order valence-electron chi connectivity index (χ0n) is 30.4. The van der Waals surface area contributed by atoms with Gasteiger partial charge in [-0.1, -0.05) is 146 Å². The largest absolute Gasteiger partial charge is 0.456 e. The summed E-state index contributed by atoms with van der Waals surface area (Å²) in [6.07, 6.45) is 0. The van der Waals surface area contributed by atoms with E-state index in [1.54, 1.807) is 0 Å². The highest BCUT2D eigenvalue weighted by atomic mass is 16.3. The van der Waals surface area contributed by atoms with Gasteiger partial charge in [-0.15, -0.1) is 0 Å². The van der Waals surface area contributed by atoms with Gasteiger partial charge in [0.25, 0.3) is 0 Å². The van der Waals surface area contributed by atoms with Crippen LogP contribution < -0.4 is 0 Å². The molecule has 0 saturated heterocycles. The van der Waals surface area contributed by atoms with Crippen molar-refractivity contribution in [2.45, 2.75) is 0 Å². The number of nitrogens with zero attached hydrogens (tertiary/aromatic N) is 2. The Morgan fingerprint density at radius 3 is 1.62 bits per heavy atom. The average Bonchev–Trinajstić information content (AvgIpc) is 3.82. The highest BCUT2D eigenvalue weighted by Gasteiger charge is 2.15. The Labute approximate surface area is 324 Å². The zero-order chi connectivity index (χ0) is 37.0. The molecule has 0 aliphatic carbocycles. The van der Waals surface area contributed by atoms with Gasteiger partial charge in [0.2, 0.25) is 0 Å². The van der Waals surface area contributed by atoms with Crippen LogP contribution in [0.4, 0.5) is 0 Å². The zero-order valence-corrected chi connectivity index (χ0v) is 30.4. The fraction of sp³-hybridized carbons (Fsp3) is 0. The van der Waals surface area contributed by atoms with E-state index in [9.17, 15) is 0 Å². The van der Waals surface area contributed by atoms with Gasteiger partial charge in [0, 0.05) is 38.4 Å². The fourth-order valence-corrected chi connectivity index (χ4v) is 8.23. The van der Waals surface area contributed by atoms with E-state index in [0.29, 0.717) is 0 Å². The van der Waals surface area contributed by atoms with Crippen molar-refractivity contribution in [3.63, 3.8) is 0 Å². The number of aromatic nitrogens is 2. The molecular weight excluding hydrogens is 681 g/mol. The van der Waals surface area contributed by atoms with Gasteiger partial charge in [-0.05, 0) is 94.0 Å². The molecule has 0 spiro atoms. The standard InChI is InChI=1S/C53H34N2O/c1-3-12-35(13-4-1)42-33-48(37-14-5-2-6-15-37)54-49(34-42)38-24-22-36(23-25-38)40-26-28-51-46(31-40)44-18-7-9-20-50(44)55(51)43-17-11-16-39(30-43)41-27-29-53-47(32-41)45-19-8-10-21-52(45)56-53/h1-34H. The van der Waals surface area contributed by atoms with Gasteiger partial charge in [0.15, 0.2) is 0 Å². The van der Waals surface area contributed by atoms with E-state index < -0.39 is 0 Å². The topological polar surface area (TPSA) is 31.0 Å². The van der Waals surface area contributed by atoms with Gasteiger partial charge < -0.3 is 8.98 Å². The number of pyridine rings is 1. The van der Waals surface area contributed by atoms with Gasteiger partial charge in [0.05, 0.1) is 22.4 Å². The van der Waals surface area contributed by atoms with Crippen LogP contribution in [0.1, 0.15) is 0 Å². The molecule has 0 fully saturated rings. The minimum atomic E-state index is 0.907. The number of para-hydroxylation sites is 2. The summed E-state index contributed by atoms with van der Waals surface area (Å²) in [7, 11) is 0. The first-order chi connectivity index (χ1) is 27.7. The molecule has 0 aliphatic rings. The first kappa shape index (κ1) is 32.0. The summed E-state index contributed by atoms with van der Waals surface area (Å²) >= 11 is 0. The molecule has 0 amide bonds. The molecule has 11 aromatic rings. The lowest BCUT2D eigenvalue weighted by atomic mass is 9.98. The van der Waals surface area contributed by atoms with Crippen LogP contribution in [-0.4, -0.2) is 9.55 Å². The van der Waals surface area contributed by atoms with Crippen LogP contribution in [0.5, 0.6) is 0 Å². The molecule has 0 saturated carbocycles. The van der Waals surface area contributed by atoms with Crippen LogP contribution in [0.2, 0.25) is 0 Å². The summed E-state index contributed by atoms with van der Waals surface area (Å²) < 4.78 is 8.51. The average molecular weight is 715 g/mol. The first-order valence-corrected chi connectivity index (χ1v) is 19.0. The lowest BCUT2D eigenvalue weighted by molar-refractivity contribution is 0.669. The number of rotatable bonds is 6. The third-order valence-corrected chi connectivity index (χ3v) is 11.0. The van der Waals surface area contributed by atoms with E-state index in [4.69, 9.17) is 9.40 Å². The Hall–Kier alpha value is -7.49. The molecule has 0 aliphatic heterocycles. The Bertz CT molecular complexity index is 3170. The number of fused-ring (bicyclic) bond motifs is 6. The predicted molar refractivity (Wildman–Crippen MR) is 233 cm³/mol. The van der Waals surface area contributed by atoms with Crippen LogP contribution in [0, 0.1) is 0 Å². The lowest BCUT2D eigenvalue weighted by Crippen LogP contribution is -1.94. The van der Waals surface area contributed by atoms with Gasteiger partial charge >= 0.3 is 0 Å². The summed E-state index contributed by atoms with van der Waals surface area (Å²) in [5, 5.41) is 4.73. The van der Waals surface area contributed by atoms with Crippen molar-refractivity contribution in [3.8, 4) is 61.6 Å². The smallest absolute Gasteiger partial charge is 0.135 e. The molecule has 0 atom stereocenters. The molecule has 11 rings (SSSR count). The van der Waals surface area contributed by atoms with Crippen molar-refractivity contribution in [3.05, 3.63) is 206 Å². The van der Waals surface area contributed by atoms with E-state index >= 15 is 0 Å². The van der Waals surface area contributed by atoms with Gasteiger partial charge in [-0.25, -0.2) is 4.98 Å². The third-order valence-electron chi connectivity index (χ3n) is 11.0. The monoisotopic (exact) mass is 714 g/mol. The van der Waals surface area contributed by atoms with Gasteiger partial charge in [-0.3, -0.25) is 0 Å². The maximum Gasteiger partial charge on any atom is 0.135 e. The van der Waals surface area contributed by atoms with Crippen molar-refractivity contribution in [2.75, 3.05) is 0 Å². The van der Waals surface area contributed by atoms with Crippen LogP contribution >= 0.6 is 0 Å². The summed E-state index contributed by atoms with van der Waals surface area (Å²) in [5.74, 6) is 0. The molecule has 3 nitrogen and oxygen atoms in total. The lowest BCUT2D eigenvalue weighted by Gasteiger charge is -2.12. The molecule has 8 aromatic carbocycles. The highest BCUT2D eigenvalue weighted by molar-refractivity contribution is 6.11. The number of benzene rings is 8. The van der Waals surface area contributed by atoms with E-state index in [2.05, 4.69) is 193 Å². The van der Waals surface area contributed by atoms with Crippen molar-refractivity contribution in [1.29, 1.82) is 0 Å². The molecule has 56 heavy (non-hydrogen) atoms. The third kappa shape index (κ3) is 5.49. The fourth-order valence-electron chi connectivity index (χ4n) is 8.23. The quantitative estimate of drug-likeness (QED) is 0.172. The molecule has 0 radical (unpaired) electrons. The van der Waals surface area contributed by atoms with E-state index in [1.807, 2.05) is 18.2 Å². The van der Waals surface area contributed by atoms with Gasteiger partial charge in [0.1, 0.15) is 11.2 Å². The van der Waals surface area contributed by atoms with Crippen molar-refractivity contribution in [2.24, 2.45) is 0 Å². The second-order valence-corrected chi connectivity index (χ2v) is 14.4. The number of furan rings is 1. The minimum Gasteiger partial charge on any atom is -0.456 e. The van der Waals surface area contributed by atoms with Crippen molar-refractivity contribution < 1.29 is 4.42 Å². The van der Waals surface area contributed by atoms with Crippen LogP contribution in [0.15, 0.2) is 211 Å². The summed E-state index contributed by atoms with van der Waals surface area (Å²) in [6.45, 7) is 0. The SMILES string of the molecule is c1ccc(-c2cc(-c3ccccc3)nc(-c3ccc(-c4ccc5c(c4)c4ccccc4n5-c4cccc(-c5ccc6oc7ccccc7c6c5)c4)cc3)c2)cc1. The first-order valence-electron chi connectivity index (χ1n) is 19.0. The second kappa shape index (κ2) is 13.1. The normalized spacial score (nSPS) is 11.6. The maximum atomic E-state index is 6.12. The van der Waals surface area contributed by atoms with E-state index in [1.165, 1.54) is 38.5 Å². The van der Waals surface area contributed by atoms with Gasteiger partial charge in [-0.2, -0.15) is 0 Å². The Kier molecular flexibility index (Phi) is 7.49. The van der Waals surface area contributed by atoms with Crippen molar-refractivity contribution in [1.82, 2.24) is 9.55 Å². The predicted octanol–water partition coefficient (Wildman–Crippen LogP) is 14.4. The summed E-state index contributed by atoms with van der Waals surface area (Å²) in [6, 6.07) is 73.4. The molecule has 0 unspecified atom stereocenters. The Balaban J connectivity index is 0.970.